The number of hydrogen-bond donors (Lipinski definition) is 5. The molecule has 1 aliphatic rings. The van der Waals surface area contributed by atoms with E-state index in [2.05, 4.69) is 57.9 Å². The number of nitrogens with one attached hydrogen (secondary N) is 3. The van der Waals surface area contributed by atoms with Gasteiger partial charge in [-0.2, -0.15) is 0 Å². The lowest BCUT2D eigenvalue weighted by atomic mass is 9.67. The lowest BCUT2D eigenvalue weighted by molar-refractivity contribution is 0.0957. The Kier molecular flexibility index (Phi) is 10.1. The van der Waals surface area contributed by atoms with Crippen LogP contribution in [-0.4, -0.2) is 59.2 Å². The van der Waals surface area contributed by atoms with E-state index in [0.29, 0.717) is 35.8 Å². The summed E-state index contributed by atoms with van der Waals surface area (Å²) in [5, 5.41) is 28.5. The van der Waals surface area contributed by atoms with Crippen molar-refractivity contribution >= 4 is 28.1 Å². The zero-order chi connectivity index (χ0) is 32.8. The number of amides is 1. The van der Waals surface area contributed by atoms with Gasteiger partial charge in [-0.15, -0.1) is 11.3 Å². The Labute approximate surface area is 279 Å². The number of carbonyl (C=O) groups excluding carboxylic acids is 1. The van der Waals surface area contributed by atoms with Crippen LogP contribution in [0.3, 0.4) is 0 Å². The molecule has 1 amide bonds. The van der Waals surface area contributed by atoms with Crippen LogP contribution >= 0.6 is 11.3 Å². The summed E-state index contributed by atoms with van der Waals surface area (Å²) in [6, 6.07) is 27.1. The van der Waals surface area contributed by atoms with Crippen LogP contribution in [0.15, 0.2) is 89.7 Å². The zero-order valence-corrected chi connectivity index (χ0v) is 27.5. The minimum atomic E-state index is -0.244. The number of likely N-dealkylation sites (tertiary alicyclic amines) is 1. The summed E-state index contributed by atoms with van der Waals surface area (Å²) < 4.78 is 0. The molecular formula is C38H42N4O4S. The van der Waals surface area contributed by atoms with Crippen molar-refractivity contribution in [3.05, 3.63) is 127 Å². The highest BCUT2D eigenvalue weighted by molar-refractivity contribution is 7.14. The summed E-state index contributed by atoms with van der Waals surface area (Å²) in [7, 11) is 2.16. The quantitative estimate of drug-likeness (QED) is 0.111. The predicted molar refractivity (Wildman–Crippen MR) is 189 cm³/mol. The van der Waals surface area contributed by atoms with E-state index in [1.54, 1.807) is 12.1 Å². The Bertz CT molecular complexity index is 1890. The molecule has 0 aliphatic carbocycles. The average Bonchev–Trinajstić information content (AvgIpc) is 3.57. The second-order valence-electron chi connectivity index (χ2n) is 12.5. The number of hydrogen-bond acceptors (Lipinski definition) is 7. The predicted octanol–water partition coefficient (Wildman–Crippen LogP) is 5.71. The van der Waals surface area contributed by atoms with E-state index in [-0.39, 0.29) is 22.6 Å². The molecule has 5 N–H and O–H groups in total. The van der Waals surface area contributed by atoms with Gasteiger partial charge in [0.25, 0.3) is 5.91 Å². The Hall–Kier alpha value is -4.44. The van der Waals surface area contributed by atoms with E-state index in [0.717, 1.165) is 66.6 Å². The van der Waals surface area contributed by atoms with Gasteiger partial charge in [-0.1, -0.05) is 48.5 Å². The highest BCUT2D eigenvalue weighted by atomic mass is 32.1. The Balaban J connectivity index is 0.990. The van der Waals surface area contributed by atoms with Crippen molar-refractivity contribution in [3.8, 4) is 11.5 Å². The molecule has 0 spiro atoms. The SMILES string of the molecule is CN1CCC(c2ccccc2)(c2cc(CCCNC(=O)c3ccc(CNCCc4ccc(O)c5[nH]c(=O)ccc45)s3)ccc2O)CC1. The molecule has 5 aromatic rings. The molecule has 0 bridgehead atoms. The molecule has 3 aromatic carbocycles. The van der Waals surface area contributed by atoms with Crippen molar-refractivity contribution in [1.29, 1.82) is 0 Å². The molecule has 0 unspecified atom stereocenters. The number of carbonyl (C=O) groups is 1. The van der Waals surface area contributed by atoms with Crippen molar-refractivity contribution in [2.24, 2.45) is 0 Å². The smallest absolute Gasteiger partial charge is 0.261 e. The van der Waals surface area contributed by atoms with E-state index in [9.17, 15) is 19.8 Å². The summed E-state index contributed by atoms with van der Waals surface area (Å²) in [5.74, 6) is 0.351. The van der Waals surface area contributed by atoms with E-state index in [1.165, 1.54) is 28.5 Å². The maximum absolute atomic E-state index is 12.9. The third kappa shape index (κ3) is 7.43. The fraction of sp³-hybridized carbons (Fsp3) is 0.316. The maximum atomic E-state index is 12.9. The lowest BCUT2D eigenvalue weighted by Crippen LogP contribution is -2.41. The van der Waals surface area contributed by atoms with Gasteiger partial charge in [0.2, 0.25) is 5.56 Å². The van der Waals surface area contributed by atoms with Crippen LogP contribution in [0, 0.1) is 0 Å². The number of phenolic OH excluding ortho intramolecular Hbond substituents is 2. The molecule has 0 radical (unpaired) electrons. The molecular weight excluding hydrogens is 609 g/mol. The van der Waals surface area contributed by atoms with Crippen LogP contribution in [0.25, 0.3) is 10.9 Å². The number of aromatic nitrogens is 1. The maximum Gasteiger partial charge on any atom is 0.261 e. The van der Waals surface area contributed by atoms with Crippen molar-refractivity contribution < 1.29 is 15.0 Å². The molecule has 1 fully saturated rings. The van der Waals surface area contributed by atoms with Gasteiger partial charge in [0.1, 0.15) is 11.5 Å². The monoisotopic (exact) mass is 650 g/mol. The summed E-state index contributed by atoms with van der Waals surface area (Å²) in [6.45, 7) is 3.88. The highest BCUT2D eigenvalue weighted by Gasteiger charge is 2.39. The van der Waals surface area contributed by atoms with Gasteiger partial charge in [-0.05, 0) is 106 Å². The standard InChI is InChI=1S/C38H42N4O4S/c1-42-22-18-38(19-23-42,28-7-3-2-4-8-28)31-24-26(9-13-32(31)43)6-5-20-40-37(46)34-15-11-29(47-34)25-39-21-17-27-10-14-33(44)36-30(27)12-16-35(45)41-36/h2-4,7-16,24,39,43-44H,5-6,17-23,25H2,1H3,(H,40,46)(H,41,45). The number of aromatic amines is 1. The van der Waals surface area contributed by atoms with E-state index in [4.69, 9.17) is 0 Å². The van der Waals surface area contributed by atoms with E-state index >= 15 is 0 Å². The topological polar surface area (TPSA) is 118 Å². The number of H-pyrrole nitrogens is 1. The van der Waals surface area contributed by atoms with E-state index in [1.807, 2.05) is 36.4 Å². The average molecular weight is 651 g/mol. The van der Waals surface area contributed by atoms with E-state index < -0.39 is 0 Å². The Morgan fingerprint density at radius 3 is 2.51 bits per heavy atom. The number of thiophene rings is 1. The molecule has 3 heterocycles. The van der Waals surface area contributed by atoms with Crippen molar-refractivity contribution in [1.82, 2.24) is 20.5 Å². The first-order valence-electron chi connectivity index (χ1n) is 16.3. The number of phenols is 2. The van der Waals surface area contributed by atoms with Crippen molar-refractivity contribution in [3.63, 3.8) is 0 Å². The number of aromatic hydroxyl groups is 2. The first kappa shape index (κ1) is 32.5. The highest BCUT2D eigenvalue weighted by Crippen LogP contribution is 2.45. The van der Waals surface area contributed by atoms with Gasteiger partial charge in [0, 0.05) is 40.4 Å². The molecule has 244 valence electrons. The largest absolute Gasteiger partial charge is 0.508 e. The molecule has 0 saturated carbocycles. The third-order valence-corrected chi connectivity index (χ3v) is 10.5. The van der Waals surface area contributed by atoms with Crippen LogP contribution in [-0.2, 0) is 24.8 Å². The fourth-order valence-electron chi connectivity index (χ4n) is 6.72. The molecule has 9 heteroatoms. The van der Waals surface area contributed by atoms with Crippen LogP contribution in [0.5, 0.6) is 11.5 Å². The molecule has 8 nitrogen and oxygen atoms in total. The Morgan fingerprint density at radius 2 is 1.70 bits per heavy atom. The summed E-state index contributed by atoms with van der Waals surface area (Å²) in [5.41, 5.74) is 4.46. The second kappa shape index (κ2) is 14.5. The number of benzene rings is 3. The van der Waals surface area contributed by atoms with Gasteiger partial charge < -0.3 is 30.7 Å². The van der Waals surface area contributed by atoms with Gasteiger partial charge in [0.15, 0.2) is 0 Å². The number of nitrogens with zero attached hydrogens (tertiary/aromatic N) is 1. The first-order chi connectivity index (χ1) is 22.8. The third-order valence-electron chi connectivity index (χ3n) is 9.39. The van der Waals surface area contributed by atoms with Gasteiger partial charge in [-0.3, -0.25) is 9.59 Å². The number of pyridine rings is 1. The van der Waals surface area contributed by atoms with Crippen molar-refractivity contribution in [2.75, 3.05) is 33.2 Å². The molecule has 1 aliphatic heterocycles. The van der Waals surface area contributed by atoms with Crippen LogP contribution in [0.4, 0.5) is 0 Å². The molecule has 6 rings (SSSR count). The normalized spacial score (nSPS) is 14.7. The lowest BCUT2D eigenvalue weighted by Gasteiger charge is -2.42. The number of rotatable bonds is 12. The Morgan fingerprint density at radius 1 is 0.915 bits per heavy atom. The van der Waals surface area contributed by atoms with Crippen molar-refractivity contribution in [2.45, 2.75) is 44.1 Å². The van der Waals surface area contributed by atoms with Crippen LogP contribution in [0.1, 0.15) is 56.1 Å². The van der Waals surface area contributed by atoms with Crippen LogP contribution < -0.4 is 16.2 Å². The molecule has 47 heavy (non-hydrogen) atoms. The fourth-order valence-corrected chi connectivity index (χ4v) is 7.61. The number of fused-ring (bicyclic) bond motifs is 1. The number of piperidine rings is 1. The van der Waals surface area contributed by atoms with Gasteiger partial charge >= 0.3 is 0 Å². The van der Waals surface area contributed by atoms with Gasteiger partial charge in [0.05, 0.1) is 10.4 Å². The molecule has 0 atom stereocenters. The summed E-state index contributed by atoms with van der Waals surface area (Å²) in [6.07, 6.45) is 4.25. The first-order valence-corrected chi connectivity index (χ1v) is 17.1. The molecule has 2 aromatic heterocycles. The summed E-state index contributed by atoms with van der Waals surface area (Å²) in [4.78, 5) is 31.4. The minimum absolute atomic E-state index is 0.0630. The van der Waals surface area contributed by atoms with Gasteiger partial charge in [-0.25, -0.2) is 0 Å². The number of aryl methyl sites for hydroxylation is 1. The zero-order valence-electron chi connectivity index (χ0n) is 26.7. The van der Waals surface area contributed by atoms with Crippen LogP contribution in [0.2, 0.25) is 0 Å². The summed E-state index contributed by atoms with van der Waals surface area (Å²) >= 11 is 1.49. The minimum Gasteiger partial charge on any atom is -0.508 e. The molecule has 1 saturated heterocycles. The second-order valence-corrected chi connectivity index (χ2v) is 13.7.